The van der Waals surface area contributed by atoms with Crippen LogP contribution in [0.2, 0.25) is 0 Å². The van der Waals surface area contributed by atoms with Gasteiger partial charge < -0.3 is 14.8 Å². The zero-order valence-corrected chi connectivity index (χ0v) is 15.2. The van der Waals surface area contributed by atoms with Gasteiger partial charge in [0.15, 0.2) is 11.5 Å². The first-order valence-corrected chi connectivity index (χ1v) is 8.32. The van der Waals surface area contributed by atoms with E-state index in [-0.39, 0.29) is 5.91 Å². The van der Waals surface area contributed by atoms with Gasteiger partial charge in [0.05, 0.1) is 25.3 Å². The number of nitriles is 1. The van der Waals surface area contributed by atoms with E-state index in [0.29, 0.717) is 35.3 Å². The number of nitrogens with one attached hydrogen (secondary N) is 1. The lowest BCUT2D eigenvalue weighted by atomic mass is 10.1. The van der Waals surface area contributed by atoms with Gasteiger partial charge in [0.25, 0.3) is 0 Å². The number of methoxy groups -OCH3 is 1. The molecular formula is C21H22N2O3. The first-order valence-electron chi connectivity index (χ1n) is 8.32. The molecule has 1 amide bonds. The van der Waals surface area contributed by atoms with Crippen LogP contribution in [0, 0.1) is 17.2 Å². The summed E-state index contributed by atoms with van der Waals surface area (Å²) in [6.07, 6.45) is 3.15. The highest BCUT2D eigenvalue weighted by Crippen LogP contribution is 2.29. The molecule has 0 aromatic heterocycles. The largest absolute Gasteiger partial charge is 0.493 e. The maximum absolute atomic E-state index is 12.0. The summed E-state index contributed by atoms with van der Waals surface area (Å²) in [5.41, 5.74) is 2.01. The SMILES string of the molecule is COc1cc(C=CC(=O)Nc2ccc(C#N)cc2)ccc1OCC(C)C. The van der Waals surface area contributed by atoms with Crippen molar-refractivity contribution in [2.24, 2.45) is 5.92 Å². The molecule has 0 unspecified atom stereocenters. The van der Waals surface area contributed by atoms with Crippen LogP contribution in [0.3, 0.4) is 0 Å². The van der Waals surface area contributed by atoms with Crippen molar-refractivity contribution in [3.8, 4) is 17.6 Å². The zero-order valence-electron chi connectivity index (χ0n) is 15.2. The lowest BCUT2D eigenvalue weighted by molar-refractivity contribution is -0.111. The van der Waals surface area contributed by atoms with Gasteiger partial charge in [-0.2, -0.15) is 5.26 Å². The predicted octanol–water partition coefficient (Wildman–Crippen LogP) is 4.25. The van der Waals surface area contributed by atoms with E-state index in [0.717, 1.165) is 5.56 Å². The second-order valence-electron chi connectivity index (χ2n) is 6.13. The second-order valence-corrected chi connectivity index (χ2v) is 6.13. The van der Waals surface area contributed by atoms with E-state index in [1.165, 1.54) is 6.08 Å². The minimum Gasteiger partial charge on any atom is -0.493 e. The molecule has 0 atom stereocenters. The fourth-order valence-electron chi connectivity index (χ4n) is 2.15. The molecule has 134 valence electrons. The molecule has 0 bridgehead atoms. The number of hydrogen-bond donors (Lipinski definition) is 1. The Labute approximate surface area is 153 Å². The highest BCUT2D eigenvalue weighted by atomic mass is 16.5. The van der Waals surface area contributed by atoms with Crippen molar-refractivity contribution in [1.29, 1.82) is 5.26 Å². The summed E-state index contributed by atoms with van der Waals surface area (Å²) in [4.78, 5) is 12.0. The van der Waals surface area contributed by atoms with Gasteiger partial charge in [-0.3, -0.25) is 4.79 Å². The Kier molecular flexibility index (Phi) is 6.81. The van der Waals surface area contributed by atoms with Crippen LogP contribution in [0.5, 0.6) is 11.5 Å². The minimum absolute atomic E-state index is 0.256. The van der Waals surface area contributed by atoms with Crippen LogP contribution in [0.1, 0.15) is 25.0 Å². The molecule has 26 heavy (non-hydrogen) atoms. The van der Waals surface area contributed by atoms with E-state index in [2.05, 4.69) is 19.2 Å². The standard InChI is InChI=1S/C21H22N2O3/c1-15(2)14-26-19-10-6-16(12-20(19)25-3)7-11-21(24)23-18-8-4-17(13-22)5-9-18/h4-12,15H,14H2,1-3H3,(H,23,24). The summed E-state index contributed by atoms with van der Waals surface area (Å²) >= 11 is 0. The van der Waals surface area contributed by atoms with Crippen LogP contribution in [0.4, 0.5) is 5.69 Å². The maximum Gasteiger partial charge on any atom is 0.248 e. The molecule has 0 aliphatic carbocycles. The first kappa shape index (κ1) is 19.1. The lowest BCUT2D eigenvalue weighted by Crippen LogP contribution is -2.07. The highest BCUT2D eigenvalue weighted by molar-refractivity contribution is 6.01. The molecule has 1 N–H and O–H groups in total. The molecule has 0 saturated heterocycles. The number of amides is 1. The Morgan fingerprint density at radius 2 is 1.92 bits per heavy atom. The predicted molar refractivity (Wildman–Crippen MR) is 102 cm³/mol. The fourth-order valence-corrected chi connectivity index (χ4v) is 2.15. The van der Waals surface area contributed by atoms with Gasteiger partial charge in [-0.25, -0.2) is 0 Å². The summed E-state index contributed by atoms with van der Waals surface area (Å²) in [5.74, 6) is 1.47. The summed E-state index contributed by atoms with van der Waals surface area (Å²) in [5, 5.41) is 11.5. The topological polar surface area (TPSA) is 71.3 Å². The van der Waals surface area contributed by atoms with E-state index in [9.17, 15) is 4.79 Å². The normalized spacial score (nSPS) is 10.6. The molecule has 5 heteroatoms. The van der Waals surface area contributed by atoms with Gasteiger partial charge in [0.2, 0.25) is 5.91 Å². The van der Waals surface area contributed by atoms with Crippen LogP contribution in [0.15, 0.2) is 48.5 Å². The van der Waals surface area contributed by atoms with Crippen LogP contribution in [-0.4, -0.2) is 19.6 Å². The van der Waals surface area contributed by atoms with E-state index in [1.807, 2.05) is 24.3 Å². The Hall–Kier alpha value is -3.26. The van der Waals surface area contributed by atoms with E-state index >= 15 is 0 Å². The van der Waals surface area contributed by atoms with Crippen molar-refractivity contribution >= 4 is 17.7 Å². The number of anilines is 1. The quantitative estimate of drug-likeness (QED) is 0.758. The Morgan fingerprint density at radius 1 is 1.19 bits per heavy atom. The number of rotatable bonds is 7. The van der Waals surface area contributed by atoms with Crippen molar-refractivity contribution in [2.45, 2.75) is 13.8 Å². The average Bonchev–Trinajstić information content (AvgIpc) is 2.65. The fraction of sp³-hybridized carbons (Fsp3) is 0.238. The minimum atomic E-state index is -0.256. The Balaban J connectivity index is 2.01. The summed E-state index contributed by atoms with van der Waals surface area (Å²) in [6.45, 7) is 4.77. The molecule has 0 saturated carbocycles. The van der Waals surface area contributed by atoms with Crippen molar-refractivity contribution < 1.29 is 14.3 Å². The molecule has 0 heterocycles. The third-order valence-electron chi connectivity index (χ3n) is 3.47. The molecule has 2 aromatic carbocycles. The van der Waals surface area contributed by atoms with E-state index in [1.54, 1.807) is 37.5 Å². The molecule has 5 nitrogen and oxygen atoms in total. The summed E-state index contributed by atoms with van der Waals surface area (Å²) < 4.78 is 11.1. The lowest BCUT2D eigenvalue weighted by Gasteiger charge is -2.12. The monoisotopic (exact) mass is 350 g/mol. The summed E-state index contributed by atoms with van der Waals surface area (Å²) in [6, 6.07) is 14.2. The molecule has 0 aliphatic rings. The molecule has 0 aliphatic heterocycles. The van der Waals surface area contributed by atoms with Crippen molar-refractivity contribution in [2.75, 3.05) is 19.0 Å². The van der Waals surface area contributed by atoms with Crippen molar-refractivity contribution in [3.05, 3.63) is 59.7 Å². The number of carbonyl (C=O) groups excluding carboxylic acids is 1. The highest BCUT2D eigenvalue weighted by Gasteiger charge is 2.06. The van der Waals surface area contributed by atoms with Crippen molar-refractivity contribution in [1.82, 2.24) is 0 Å². The summed E-state index contributed by atoms with van der Waals surface area (Å²) in [7, 11) is 1.59. The van der Waals surface area contributed by atoms with Crippen molar-refractivity contribution in [3.63, 3.8) is 0 Å². The van der Waals surface area contributed by atoms with Gasteiger partial charge in [-0.1, -0.05) is 19.9 Å². The number of nitrogens with zero attached hydrogens (tertiary/aromatic N) is 1. The van der Waals surface area contributed by atoms with E-state index in [4.69, 9.17) is 14.7 Å². The molecule has 0 spiro atoms. The molecule has 2 rings (SSSR count). The first-order chi connectivity index (χ1) is 12.5. The van der Waals surface area contributed by atoms with Gasteiger partial charge in [-0.05, 0) is 54.0 Å². The Bertz CT molecular complexity index is 818. The van der Waals surface area contributed by atoms with E-state index < -0.39 is 0 Å². The smallest absolute Gasteiger partial charge is 0.248 e. The number of hydrogen-bond acceptors (Lipinski definition) is 4. The van der Waals surface area contributed by atoms with Crippen LogP contribution in [-0.2, 0) is 4.79 Å². The molecule has 0 radical (unpaired) electrons. The second kappa shape index (κ2) is 9.28. The van der Waals surface area contributed by atoms with Gasteiger partial charge in [-0.15, -0.1) is 0 Å². The van der Waals surface area contributed by atoms with Gasteiger partial charge in [0, 0.05) is 11.8 Å². The third kappa shape index (κ3) is 5.67. The van der Waals surface area contributed by atoms with Crippen LogP contribution in [0.25, 0.3) is 6.08 Å². The molecular weight excluding hydrogens is 328 g/mol. The number of benzene rings is 2. The molecule has 0 fully saturated rings. The zero-order chi connectivity index (χ0) is 18.9. The van der Waals surface area contributed by atoms with Gasteiger partial charge >= 0.3 is 0 Å². The number of carbonyl (C=O) groups is 1. The third-order valence-corrected chi connectivity index (χ3v) is 3.47. The average molecular weight is 350 g/mol. The maximum atomic E-state index is 12.0. The van der Waals surface area contributed by atoms with Crippen LogP contribution < -0.4 is 14.8 Å². The Morgan fingerprint density at radius 3 is 2.54 bits per heavy atom. The number of ether oxygens (including phenoxy) is 2. The van der Waals surface area contributed by atoms with Gasteiger partial charge in [0.1, 0.15) is 0 Å². The van der Waals surface area contributed by atoms with Crippen LogP contribution >= 0.6 is 0 Å². The molecule has 2 aromatic rings.